The van der Waals surface area contributed by atoms with Gasteiger partial charge in [-0.05, 0) is 47.7 Å². The highest BCUT2D eigenvalue weighted by molar-refractivity contribution is 7.99. The molecule has 0 fully saturated rings. The van der Waals surface area contributed by atoms with Crippen LogP contribution in [0.25, 0.3) is 5.69 Å². The lowest BCUT2D eigenvalue weighted by molar-refractivity contribution is -0.113. The van der Waals surface area contributed by atoms with E-state index in [1.54, 1.807) is 4.68 Å². The van der Waals surface area contributed by atoms with Gasteiger partial charge < -0.3 is 5.32 Å². The Labute approximate surface area is 152 Å². The normalized spacial score (nSPS) is 10.7. The van der Waals surface area contributed by atoms with Gasteiger partial charge in [-0.15, -0.1) is 5.10 Å². The van der Waals surface area contributed by atoms with Gasteiger partial charge in [0.25, 0.3) is 0 Å². The quantitative estimate of drug-likeness (QED) is 0.689. The molecule has 0 saturated heterocycles. The van der Waals surface area contributed by atoms with Crippen molar-refractivity contribution in [3.05, 3.63) is 58.9 Å². The summed E-state index contributed by atoms with van der Waals surface area (Å²) >= 11 is 6.89. The fraction of sp³-hybridized carbons (Fsp3) is 0.125. The lowest BCUT2D eigenvalue weighted by Crippen LogP contribution is -2.14. The molecule has 1 heterocycles. The Balaban J connectivity index is 1.64. The number of nitrogens with one attached hydrogen (secondary N) is 1. The Morgan fingerprint density at radius 1 is 1.28 bits per heavy atom. The van der Waals surface area contributed by atoms with Gasteiger partial charge in [0.1, 0.15) is 5.82 Å². The van der Waals surface area contributed by atoms with E-state index in [-0.39, 0.29) is 16.7 Å². The molecule has 3 rings (SSSR count). The fourth-order valence-corrected chi connectivity index (χ4v) is 2.89. The third-order valence-corrected chi connectivity index (χ3v) is 4.46. The molecular formula is C16H13ClFN5OS. The molecule has 0 spiro atoms. The van der Waals surface area contributed by atoms with Crippen molar-refractivity contribution in [2.45, 2.75) is 12.1 Å². The molecule has 1 N–H and O–H groups in total. The molecule has 9 heteroatoms. The minimum atomic E-state index is -0.536. The van der Waals surface area contributed by atoms with Crippen molar-refractivity contribution < 1.29 is 9.18 Å². The first-order chi connectivity index (χ1) is 12.0. The van der Waals surface area contributed by atoms with Crippen LogP contribution >= 0.6 is 23.4 Å². The average molecular weight is 378 g/mol. The van der Waals surface area contributed by atoms with E-state index in [0.717, 1.165) is 11.3 Å². The van der Waals surface area contributed by atoms with Gasteiger partial charge in [-0.1, -0.05) is 41.1 Å². The molecular weight excluding hydrogens is 365 g/mol. The molecule has 3 aromatic rings. The SMILES string of the molecule is Cc1ccc(-n2nnnc2SCC(=O)Nc2ccc(F)c(Cl)c2)cc1. The molecule has 6 nitrogen and oxygen atoms in total. The van der Waals surface area contributed by atoms with Crippen LogP contribution in [0.15, 0.2) is 47.6 Å². The van der Waals surface area contributed by atoms with Crippen molar-refractivity contribution in [1.29, 1.82) is 0 Å². The van der Waals surface area contributed by atoms with Crippen LogP contribution < -0.4 is 5.32 Å². The smallest absolute Gasteiger partial charge is 0.234 e. The lowest BCUT2D eigenvalue weighted by atomic mass is 10.2. The summed E-state index contributed by atoms with van der Waals surface area (Å²) in [4.78, 5) is 12.0. The van der Waals surface area contributed by atoms with Crippen LogP contribution in [0.3, 0.4) is 0 Å². The number of thioether (sulfide) groups is 1. The summed E-state index contributed by atoms with van der Waals surface area (Å²) in [6.45, 7) is 1.99. The van der Waals surface area contributed by atoms with Crippen LogP contribution in [-0.4, -0.2) is 31.9 Å². The number of halogens is 2. The van der Waals surface area contributed by atoms with Crippen LogP contribution in [-0.2, 0) is 4.79 Å². The average Bonchev–Trinajstić information content (AvgIpc) is 3.06. The van der Waals surface area contributed by atoms with Crippen LogP contribution in [0.4, 0.5) is 10.1 Å². The van der Waals surface area contributed by atoms with Gasteiger partial charge in [-0.3, -0.25) is 4.79 Å². The zero-order chi connectivity index (χ0) is 17.8. The number of amides is 1. The van der Waals surface area contributed by atoms with E-state index >= 15 is 0 Å². The molecule has 128 valence electrons. The largest absolute Gasteiger partial charge is 0.325 e. The molecule has 1 amide bonds. The minimum absolute atomic E-state index is 0.0474. The van der Waals surface area contributed by atoms with E-state index in [0.29, 0.717) is 10.8 Å². The highest BCUT2D eigenvalue weighted by Crippen LogP contribution is 2.21. The van der Waals surface area contributed by atoms with Crippen molar-refractivity contribution in [2.24, 2.45) is 0 Å². The number of aromatic nitrogens is 4. The number of benzene rings is 2. The summed E-state index contributed by atoms with van der Waals surface area (Å²) in [7, 11) is 0. The number of hydrogen-bond donors (Lipinski definition) is 1. The van der Waals surface area contributed by atoms with Gasteiger partial charge in [0.05, 0.1) is 16.5 Å². The van der Waals surface area contributed by atoms with Gasteiger partial charge in [0.2, 0.25) is 11.1 Å². The van der Waals surface area contributed by atoms with Gasteiger partial charge in [0.15, 0.2) is 0 Å². The van der Waals surface area contributed by atoms with E-state index < -0.39 is 5.82 Å². The topological polar surface area (TPSA) is 72.7 Å². The molecule has 0 saturated carbocycles. The Morgan fingerprint density at radius 3 is 2.76 bits per heavy atom. The minimum Gasteiger partial charge on any atom is -0.325 e. The van der Waals surface area contributed by atoms with Crippen LogP contribution in [0.5, 0.6) is 0 Å². The first-order valence-corrected chi connectivity index (χ1v) is 8.62. The van der Waals surface area contributed by atoms with Gasteiger partial charge in [0, 0.05) is 5.69 Å². The Morgan fingerprint density at radius 2 is 2.04 bits per heavy atom. The predicted molar refractivity (Wildman–Crippen MR) is 94.7 cm³/mol. The number of carbonyl (C=O) groups excluding carboxylic acids is 1. The Bertz CT molecular complexity index is 900. The molecule has 0 aliphatic rings. The molecule has 0 radical (unpaired) electrons. The van der Waals surface area contributed by atoms with Crippen LogP contribution in [0.1, 0.15) is 5.56 Å². The standard InChI is InChI=1S/C16H13ClFN5OS/c1-10-2-5-12(6-3-10)23-16(20-21-22-23)25-9-15(24)19-11-4-7-14(18)13(17)8-11/h2-8H,9H2,1H3,(H,19,24). The third kappa shape index (κ3) is 4.34. The maximum absolute atomic E-state index is 13.1. The summed E-state index contributed by atoms with van der Waals surface area (Å²) in [5.74, 6) is -0.709. The fourth-order valence-electron chi connectivity index (χ4n) is 2.02. The van der Waals surface area contributed by atoms with Crippen molar-refractivity contribution in [3.63, 3.8) is 0 Å². The van der Waals surface area contributed by atoms with Crippen molar-refractivity contribution in [1.82, 2.24) is 20.2 Å². The second kappa shape index (κ2) is 7.62. The maximum atomic E-state index is 13.1. The van der Waals surface area contributed by atoms with E-state index in [9.17, 15) is 9.18 Å². The molecule has 0 bridgehead atoms. The second-order valence-electron chi connectivity index (χ2n) is 5.17. The van der Waals surface area contributed by atoms with E-state index in [4.69, 9.17) is 11.6 Å². The molecule has 0 atom stereocenters. The number of carbonyl (C=O) groups is 1. The van der Waals surface area contributed by atoms with Crippen LogP contribution in [0, 0.1) is 12.7 Å². The molecule has 0 aliphatic carbocycles. The number of tetrazole rings is 1. The monoisotopic (exact) mass is 377 g/mol. The molecule has 2 aromatic carbocycles. The van der Waals surface area contributed by atoms with Gasteiger partial charge >= 0.3 is 0 Å². The third-order valence-electron chi connectivity index (χ3n) is 3.26. The Hall–Kier alpha value is -2.45. The van der Waals surface area contributed by atoms with Crippen molar-refractivity contribution in [3.8, 4) is 5.69 Å². The number of anilines is 1. The zero-order valence-electron chi connectivity index (χ0n) is 13.1. The Kier molecular flexibility index (Phi) is 5.30. The molecule has 25 heavy (non-hydrogen) atoms. The number of aryl methyl sites for hydroxylation is 1. The van der Waals surface area contributed by atoms with Crippen LogP contribution in [0.2, 0.25) is 5.02 Å². The maximum Gasteiger partial charge on any atom is 0.234 e. The van der Waals surface area contributed by atoms with E-state index in [1.807, 2.05) is 31.2 Å². The van der Waals surface area contributed by atoms with E-state index in [1.165, 1.54) is 30.0 Å². The van der Waals surface area contributed by atoms with Crippen molar-refractivity contribution >= 4 is 35.0 Å². The summed E-state index contributed by atoms with van der Waals surface area (Å²) in [6.07, 6.45) is 0. The van der Waals surface area contributed by atoms with Gasteiger partial charge in [-0.2, -0.15) is 4.68 Å². The molecule has 0 aliphatic heterocycles. The zero-order valence-corrected chi connectivity index (χ0v) is 14.7. The van der Waals surface area contributed by atoms with Gasteiger partial charge in [-0.25, -0.2) is 4.39 Å². The number of rotatable bonds is 5. The molecule has 1 aromatic heterocycles. The summed E-state index contributed by atoms with van der Waals surface area (Å²) < 4.78 is 14.7. The number of nitrogens with zero attached hydrogens (tertiary/aromatic N) is 4. The highest BCUT2D eigenvalue weighted by atomic mass is 35.5. The second-order valence-corrected chi connectivity index (χ2v) is 6.52. The molecule has 0 unspecified atom stereocenters. The first kappa shape index (κ1) is 17.4. The summed E-state index contributed by atoms with van der Waals surface area (Å²) in [5, 5.41) is 14.6. The lowest BCUT2D eigenvalue weighted by Gasteiger charge is -2.06. The first-order valence-electron chi connectivity index (χ1n) is 7.26. The van der Waals surface area contributed by atoms with E-state index in [2.05, 4.69) is 20.8 Å². The summed E-state index contributed by atoms with van der Waals surface area (Å²) in [5.41, 5.74) is 2.36. The number of hydrogen-bond acceptors (Lipinski definition) is 5. The highest BCUT2D eigenvalue weighted by Gasteiger charge is 2.12. The van der Waals surface area contributed by atoms with Crippen molar-refractivity contribution in [2.75, 3.05) is 11.1 Å². The predicted octanol–water partition coefficient (Wildman–Crippen LogP) is 3.49. The summed E-state index contributed by atoms with van der Waals surface area (Å²) in [6, 6.07) is 11.7.